The van der Waals surface area contributed by atoms with Crippen LogP contribution in [-0.2, 0) is 9.59 Å². The van der Waals surface area contributed by atoms with E-state index < -0.39 is 18.4 Å². The lowest BCUT2D eigenvalue weighted by atomic mass is 10.1. The lowest BCUT2D eigenvalue weighted by molar-refractivity contribution is -0.140. The van der Waals surface area contributed by atoms with Crippen molar-refractivity contribution in [3.05, 3.63) is 28.7 Å². The number of carboxylic acids is 1. The summed E-state index contributed by atoms with van der Waals surface area (Å²) in [4.78, 5) is 24.4. The first-order chi connectivity index (χ1) is 10.5. The summed E-state index contributed by atoms with van der Waals surface area (Å²) in [5.74, 6) is -0.202. The number of benzene rings is 1. The van der Waals surface area contributed by atoms with Crippen molar-refractivity contribution in [1.82, 2.24) is 4.90 Å². The van der Waals surface area contributed by atoms with Crippen molar-refractivity contribution in [2.45, 2.75) is 0 Å². The smallest absolute Gasteiger partial charge is 0.323 e. The number of fused-ring (bicyclic) bond motifs is 1. The molecule has 22 heavy (non-hydrogen) atoms. The average Bonchev–Trinajstić information content (AvgIpc) is 2.74. The molecule has 2 heterocycles. The molecule has 0 aliphatic carbocycles. The molecule has 2 aliphatic heterocycles. The van der Waals surface area contributed by atoms with Gasteiger partial charge in [0, 0.05) is 0 Å². The predicted molar refractivity (Wildman–Crippen MR) is 84.9 cm³/mol. The molecular weight excluding hydrogens is 326 g/mol. The van der Waals surface area contributed by atoms with E-state index in [0.29, 0.717) is 29.6 Å². The number of hydrogen-bond donors (Lipinski definition) is 1. The molecule has 1 aromatic rings. The van der Waals surface area contributed by atoms with Gasteiger partial charge in [-0.05, 0) is 23.8 Å². The van der Waals surface area contributed by atoms with Gasteiger partial charge >= 0.3 is 5.97 Å². The number of aliphatic carboxylic acids is 1. The van der Waals surface area contributed by atoms with Crippen molar-refractivity contribution in [3.8, 4) is 11.5 Å². The summed E-state index contributed by atoms with van der Waals surface area (Å²) in [6.45, 7) is 0.570. The summed E-state index contributed by atoms with van der Waals surface area (Å²) >= 11 is 6.14. The van der Waals surface area contributed by atoms with E-state index in [4.69, 9.17) is 26.8 Å². The highest BCUT2D eigenvalue weighted by atomic mass is 32.2. The third-order valence-electron chi connectivity index (χ3n) is 3.03. The second-order valence-corrected chi connectivity index (χ2v) is 6.24. The van der Waals surface area contributed by atoms with Crippen LogP contribution in [0.1, 0.15) is 5.56 Å². The highest BCUT2D eigenvalue weighted by molar-refractivity contribution is 8.26. The Labute approximate surface area is 135 Å². The van der Waals surface area contributed by atoms with Gasteiger partial charge in [0.15, 0.2) is 11.5 Å². The summed E-state index contributed by atoms with van der Waals surface area (Å²) in [6, 6.07) is 5.35. The van der Waals surface area contributed by atoms with Gasteiger partial charge < -0.3 is 14.6 Å². The van der Waals surface area contributed by atoms with Crippen LogP contribution >= 0.6 is 24.0 Å². The average molecular weight is 337 g/mol. The Bertz CT molecular complexity index is 700. The Morgan fingerprint density at radius 1 is 1.36 bits per heavy atom. The minimum atomic E-state index is -1.10. The molecule has 0 bridgehead atoms. The second-order valence-electron chi connectivity index (χ2n) is 4.56. The molecule has 1 saturated heterocycles. The van der Waals surface area contributed by atoms with Crippen LogP contribution in [0.5, 0.6) is 11.5 Å². The van der Waals surface area contributed by atoms with Crippen LogP contribution in [0.15, 0.2) is 23.1 Å². The van der Waals surface area contributed by atoms with Crippen molar-refractivity contribution in [3.63, 3.8) is 0 Å². The molecular formula is C14H11NO5S2. The fourth-order valence-electron chi connectivity index (χ4n) is 2.07. The van der Waals surface area contributed by atoms with E-state index in [1.54, 1.807) is 24.3 Å². The molecule has 6 nitrogen and oxygen atoms in total. The van der Waals surface area contributed by atoms with Crippen molar-refractivity contribution >= 4 is 46.3 Å². The molecule has 0 saturated carbocycles. The molecule has 0 unspecified atom stereocenters. The van der Waals surface area contributed by atoms with Gasteiger partial charge in [0.1, 0.15) is 24.1 Å². The number of rotatable bonds is 3. The summed E-state index contributed by atoms with van der Waals surface area (Å²) in [6.07, 6.45) is 1.67. The minimum absolute atomic E-state index is 0.246. The van der Waals surface area contributed by atoms with Gasteiger partial charge in [-0.3, -0.25) is 14.5 Å². The number of ether oxygens (including phenoxy) is 2. The molecule has 0 aromatic heterocycles. The van der Waals surface area contributed by atoms with E-state index in [2.05, 4.69) is 0 Å². The van der Waals surface area contributed by atoms with E-state index >= 15 is 0 Å². The third-order valence-corrected chi connectivity index (χ3v) is 4.41. The summed E-state index contributed by atoms with van der Waals surface area (Å²) in [5, 5.41) is 8.81. The van der Waals surface area contributed by atoms with Gasteiger partial charge in [0.05, 0.1) is 4.91 Å². The lowest BCUT2D eigenvalue weighted by Crippen LogP contribution is -2.33. The first-order valence-electron chi connectivity index (χ1n) is 6.41. The lowest BCUT2D eigenvalue weighted by Gasteiger charge is -2.18. The number of carboxylic acid groups (broad SMARTS) is 1. The van der Waals surface area contributed by atoms with E-state index in [1.807, 2.05) is 0 Å². The highest BCUT2D eigenvalue weighted by Crippen LogP contribution is 2.35. The number of carbonyl (C=O) groups excluding carboxylic acids is 1. The van der Waals surface area contributed by atoms with Crippen molar-refractivity contribution in [1.29, 1.82) is 0 Å². The molecule has 1 amide bonds. The number of amides is 1. The van der Waals surface area contributed by atoms with Crippen molar-refractivity contribution in [2.24, 2.45) is 0 Å². The summed E-state index contributed by atoms with van der Waals surface area (Å²) in [5.41, 5.74) is 0.764. The van der Waals surface area contributed by atoms with E-state index in [9.17, 15) is 9.59 Å². The SMILES string of the molecule is O=C(O)CN1C(=O)C(=Cc2ccc3c(c2)OCCO3)SC1=S. The third kappa shape index (κ3) is 2.93. The molecule has 8 heteroatoms. The zero-order valence-corrected chi connectivity index (χ0v) is 12.9. The van der Waals surface area contributed by atoms with E-state index in [1.165, 1.54) is 0 Å². The van der Waals surface area contributed by atoms with Crippen molar-refractivity contribution < 1.29 is 24.2 Å². The van der Waals surface area contributed by atoms with Crippen LogP contribution in [-0.4, -0.2) is 46.0 Å². The number of thioether (sulfide) groups is 1. The summed E-state index contributed by atoms with van der Waals surface area (Å²) in [7, 11) is 0. The maximum absolute atomic E-state index is 12.2. The maximum Gasteiger partial charge on any atom is 0.323 e. The van der Waals surface area contributed by atoms with Crippen molar-refractivity contribution in [2.75, 3.05) is 19.8 Å². The Kier molecular flexibility index (Phi) is 4.04. The monoisotopic (exact) mass is 337 g/mol. The first kappa shape index (κ1) is 14.9. The van der Waals surface area contributed by atoms with Crippen LogP contribution in [0.2, 0.25) is 0 Å². The van der Waals surface area contributed by atoms with Gasteiger partial charge in [-0.25, -0.2) is 0 Å². The fraction of sp³-hybridized carbons (Fsp3) is 0.214. The molecule has 1 N–H and O–H groups in total. The topological polar surface area (TPSA) is 76.1 Å². The van der Waals surface area contributed by atoms with Gasteiger partial charge in [-0.1, -0.05) is 30.0 Å². The fourth-order valence-corrected chi connectivity index (χ4v) is 3.33. The highest BCUT2D eigenvalue weighted by Gasteiger charge is 2.33. The van der Waals surface area contributed by atoms with Crippen LogP contribution in [0.3, 0.4) is 0 Å². The second kappa shape index (κ2) is 5.98. The molecule has 1 fully saturated rings. The van der Waals surface area contributed by atoms with Gasteiger partial charge in [0.2, 0.25) is 0 Å². The number of nitrogens with zero attached hydrogens (tertiary/aromatic N) is 1. The zero-order valence-electron chi connectivity index (χ0n) is 11.3. The molecule has 2 aliphatic rings. The summed E-state index contributed by atoms with van der Waals surface area (Å²) < 4.78 is 11.2. The molecule has 0 radical (unpaired) electrons. The molecule has 1 aromatic carbocycles. The Morgan fingerprint density at radius 3 is 2.82 bits per heavy atom. The molecule has 0 atom stereocenters. The predicted octanol–water partition coefficient (Wildman–Crippen LogP) is 1.74. The number of carbonyl (C=O) groups is 2. The van der Waals surface area contributed by atoms with Crippen LogP contribution in [0.25, 0.3) is 6.08 Å². The zero-order chi connectivity index (χ0) is 15.7. The quantitative estimate of drug-likeness (QED) is 0.665. The first-order valence-corrected chi connectivity index (χ1v) is 7.64. The van der Waals surface area contributed by atoms with Crippen LogP contribution in [0.4, 0.5) is 0 Å². The molecule has 114 valence electrons. The standard InChI is InChI=1S/C14H11NO5S2/c16-12(17)7-15-13(18)11(22-14(15)21)6-8-1-2-9-10(5-8)20-4-3-19-9/h1-2,5-6H,3-4,7H2,(H,16,17). The minimum Gasteiger partial charge on any atom is -0.486 e. The Morgan fingerprint density at radius 2 is 2.09 bits per heavy atom. The van der Waals surface area contributed by atoms with Gasteiger partial charge in [0.25, 0.3) is 5.91 Å². The van der Waals surface area contributed by atoms with E-state index in [-0.39, 0.29) is 4.32 Å². The van der Waals surface area contributed by atoms with Gasteiger partial charge in [-0.2, -0.15) is 0 Å². The Balaban J connectivity index is 1.85. The maximum atomic E-state index is 12.2. The number of thiocarbonyl (C=S) groups is 1. The molecule has 3 rings (SSSR count). The molecule has 0 spiro atoms. The largest absolute Gasteiger partial charge is 0.486 e. The normalized spacial score (nSPS) is 18.9. The van der Waals surface area contributed by atoms with Gasteiger partial charge in [-0.15, -0.1) is 0 Å². The number of hydrogen-bond acceptors (Lipinski definition) is 6. The van der Waals surface area contributed by atoms with E-state index in [0.717, 1.165) is 22.2 Å². The van der Waals surface area contributed by atoms with Crippen LogP contribution < -0.4 is 9.47 Å². The van der Waals surface area contributed by atoms with Crippen LogP contribution in [0, 0.1) is 0 Å². The Hall–Kier alpha value is -2.06.